The minimum absolute atomic E-state index is 0. The molecule has 0 N–H and O–H groups in total. The van der Waals surface area contributed by atoms with Crippen LogP contribution < -0.4 is 24.6 Å². The van der Waals surface area contributed by atoms with Crippen LogP contribution >= 0.6 is 0 Å². The standard InChI is InChI=1S/C35H39N6.C14H6F6N.Pt/c1-22(2)25-17-29(23(3)4)33(30(18-25)24(5)6)26-15-27(40-20-38(7)31-11-9-13-36-34(31)40)19-28(16-26)41-21-39(8)32-12-10-14-37-35(32)41;15-13(16,17)7-1-3-11-9(5-7)10-6-8(14(18,19)20)2-4-12(10)21-11;/h9-18,20-24H,1-8H3;1-6H;/q-3;-1;+4. The minimum atomic E-state index is -4.56. The van der Waals surface area contributed by atoms with Crippen LogP contribution in [0.15, 0.2) is 97.3 Å². The molecule has 0 amide bonds. The summed E-state index contributed by atoms with van der Waals surface area (Å²) < 4.78 is 76.1. The molecule has 2 aliphatic rings. The first-order chi connectivity index (χ1) is 29.3. The first kappa shape index (κ1) is 45.5. The summed E-state index contributed by atoms with van der Waals surface area (Å²) in [5.41, 5.74) is 9.31. The summed E-state index contributed by atoms with van der Waals surface area (Å²) >= 11 is 0. The molecule has 5 heterocycles. The Morgan fingerprint density at radius 2 is 1.02 bits per heavy atom. The van der Waals surface area contributed by atoms with Crippen LogP contribution in [0.4, 0.5) is 60.7 Å². The van der Waals surface area contributed by atoms with Crippen LogP contribution in [0.2, 0.25) is 0 Å². The predicted molar refractivity (Wildman–Crippen MR) is 236 cm³/mol. The van der Waals surface area contributed by atoms with Crippen LogP contribution in [-0.4, -0.2) is 24.1 Å². The second-order valence-electron chi connectivity index (χ2n) is 16.6. The molecule has 0 saturated carbocycles. The van der Waals surface area contributed by atoms with Gasteiger partial charge >= 0.3 is 33.4 Å². The van der Waals surface area contributed by atoms with E-state index in [1.54, 1.807) is 0 Å². The molecule has 3 aromatic heterocycles. The third-order valence-corrected chi connectivity index (χ3v) is 11.3. The van der Waals surface area contributed by atoms with E-state index in [0.717, 1.165) is 70.8 Å². The molecule has 0 aliphatic carbocycles. The van der Waals surface area contributed by atoms with Gasteiger partial charge in [0, 0.05) is 23.8 Å². The number of halogens is 6. The van der Waals surface area contributed by atoms with E-state index in [1.165, 1.54) is 27.8 Å². The molecule has 328 valence electrons. The van der Waals surface area contributed by atoms with Crippen LogP contribution in [0, 0.1) is 19.4 Å². The number of nitrogens with zero attached hydrogens (tertiary/aromatic N) is 7. The topological polar surface area (TPSA) is 52.8 Å². The second kappa shape index (κ2) is 17.2. The summed E-state index contributed by atoms with van der Waals surface area (Å²) in [4.78, 5) is 22.1. The maximum atomic E-state index is 12.7. The van der Waals surface area contributed by atoms with E-state index in [-0.39, 0.29) is 42.9 Å². The number of benzene rings is 4. The number of hydrogen-bond donors (Lipinski definition) is 0. The summed E-state index contributed by atoms with van der Waals surface area (Å²) in [6.45, 7) is 18.0. The molecule has 63 heavy (non-hydrogen) atoms. The van der Waals surface area contributed by atoms with E-state index in [2.05, 4.69) is 136 Å². The summed E-state index contributed by atoms with van der Waals surface area (Å²) in [6.07, 6.45) is -5.41. The van der Waals surface area contributed by atoms with Gasteiger partial charge in [-0.05, 0) is 101 Å². The zero-order valence-electron chi connectivity index (χ0n) is 35.8. The third-order valence-electron chi connectivity index (χ3n) is 11.3. The molecule has 14 heteroatoms. The van der Waals surface area contributed by atoms with Crippen LogP contribution in [0.25, 0.3) is 32.9 Å². The zero-order valence-corrected chi connectivity index (χ0v) is 38.1. The smallest absolute Gasteiger partial charge is 0.657 e. The van der Waals surface area contributed by atoms with Crippen LogP contribution in [0.1, 0.15) is 87.1 Å². The van der Waals surface area contributed by atoms with Gasteiger partial charge in [-0.25, -0.2) is 9.97 Å². The number of hydrogen-bond acceptors (Lipinski definition) is 6. The van der Waals surface area contributed by atoms with Crippen molar-refractivity contribution in [2.45, 2.75) is 71.6 Å². The van der Waals surface area contributed by atoms with E-state index in [1.807, 2.05) is 24.5 Å². The van der Waals surface area contributed by atoms with Gasteiger partial charge in [0.25, 0.3) is 0 Å². The van der Waals surface area contributed by atoms with Crippen molar-refractivity contribution in [3.05, 3.63) is 145 Å². The molecule has 2 aliphatic heterocycles. The molecule has 0 fully saturated rings. The summed E-state index contributed by atoms with van der Waals surface area (Å²) in [5, 5.41) is 0.122. The number of pyridine rings is 2. The average Bonchev–Trinajstić information content (AvgIpc) is 3.89. The van der Waals surface area contributed by atoms with Crippen molar-refractivity contribution in [1.29, 1.82) is 0 Å². The normalized spacial score (nSPS) is 13.9. The van der Waals surface area contributed by atoms with E-state index in [0.29, 0.717) is 17.8 Å². The van der Waals surface area contributed by atoms with Crippen molar-refractivity contribution < 1.29 is 47.4 Å². The average molecular weight is 1040 g/mol. The van der Waals surface area contributed by atoms with Crippen molar-refractivity contribution in [3.8, 4) is 11.1 Å². The molecule has 0 spiro atoms. The Labute approximate surface area is 378 Å². The third kappa shape index (κ3) is 8.73. The van der Waals surface area contributed by atoms with E-state index < -0.39 is 23.5 Å². The molecule has 0 bridgehead atoms. The fourth-order valence-corrected chi connectivity index (χ4v) is 8.05. The minimum Gasteiger partial charge on any atom is -0.657 e. The SMILES string of the molecule is CC(C)c1cc(C(C)C)c(-c2cc(N3[CH-]N(C)c4cccnc43)[c-]c(N3[CH-]N(C)c4cccnc43)c2)c(C(C)C)c1.FC(F)(F)c1ccc2[n-]c3ccc(C(F)(F)F)cc3c2c1.[Pt+4]. The predicted octanol–water partition coefficient (Wildman–Crippen LogP) is 13.7. The van der Waals surface area contributed by atoms with Crippen molar-refractivity contribution in [2.75, 3.05) is 33.7 Å². The van der Waals surface area contributed by atoms with E-state index in [4.69, 9.17) is 9.97 Å². The number of anilines is 6. The van der Waals surface area contributed by atoms with Gasteiger partial charge in [0.2, 0.25) is 0 Å². The maximum absolute atomic E-state index is 12.7. The summed E-state index contributed by atoms with van der Waals surface area (Å²) in [6, 6.07) is 27.0. The molecule has 4 aromatic carbocycles. The molecule has 0 unspecified atom stereocenters. The molecular weight excluding hydrogens is 996 g/mol. The molecular formula is C49H45F6N7Pt. The molecule has 7 aromatic rings. The molecule has 0 saturated heterocycles. The van der Waals surface area contributed by atoms with Gasteiger partial charge in [0.15, 0.2) is 0 Å². The molecule has 0 radical (unpaired) electrons. The fraction of sp³-hybridized carbons (Fsp3) is 0.265. The van der Waals surface area contributed by atoms with Gasteiger partial charge < -0.3 is 24.6 Å². The van der Waals surface area contributed by atoms with Gasteiger partial charge in [0.05, 0.1) is 11.1 Å². The first-order valence-corrected chi connectivity index (χ1v) is 20.3. The Morgan fingerprint density at radius 3 is 1.40 bits per heavy atom. The Hall–Kier alpha value is -5.55. The number of alkyl halides is 6. The maximum Gasteiger partial charge on any atom is 4.00 e. The monoisotopic (exact) mass is 1040 g/mol. The van der Waals surface area contributed by atoms with Crippen LogP contribution in [0.3, 0.4) is 0 Å². The van der Waals surface area contributed by atoms with E-state index >= 15 is 0 Å². The number of fused-ring (bicyclic) bond motifs is 5. The van der Waals surface area contributed by atoms with Crippen molar-refractivity contribution >= 4 is 56.2 Å². The number of aromatic nitrogens is 3. The molecule has 7 nitrogen and oxygen atoms in total. The van der Waals surface area contributed by atoms with Crippen LogP contribution in [0.5, 0.6) is 0 Å². The van der Waals surface area contributed by atoms with Gasteiger partial charge in [0.1, 0.15) is 11.6 Å². The summed E-state index contributed by atoms with van der Waals surface area (Å²) in [5.74, 6) is 3.01. The van der Waals surface area contributed by atoms with Gasteiger partial charge in [-0.3, -0.25) is 0 Å². The Bertz CT molecular complexity index is 2620. The number of rotatable bonds is 6. The fourth-order valence-electron chi connectivity index (χ4n) is 8.05. The molecule has 0 atom stereocenters. The Balaban J connectivity index is 0.000000228. The largest absolute Gasteiger partial charge is 4.00 e. The quantitative estimate of drug-likeness (QED) is 0.121. The Morgan fingerprint density at radius 1 is 0.587 bits per heavy atom. The Kier molecular flexibility index (Phi) is 12.4. The zero-order chi connectivity index (χ0) is 44.4. The second-order valence-corrected chi connectivity index (χ2v) is 16.6. The molecule has 9 rings (SSSR count). The first-order valence-electron chi connectivity index (χ1n) is 20.3. The summed E-state index contributed by atoms with van der Waals surface area (Å²) in [7, 11) is 4.13. The van der Waals surface area contributed by atoms with Gasteiger partial charge in [-0.15, -0.1) is 46.2 Å². The van der Waals surface area contributed by atoms with Gasteiger partial charge in [-0.2, -0.15) is 39.7 Å². The van der Waals surface area contributed by atoms with Crippen molar-refractivity contribution in [3.63, 3.8) is 0 Å². The van der Waals surface area contributed by atoms with Crippen molar-refractivity contribution in [1.82, 2.24) is 15.0 Å². The van der Waals surface area contributed by atoms with E-state index in [9.17, 15) is 26.3 Å². The van der Waals surface area contributed by atoms with Crippen LogP contribution in [-0.2, 0) is 33.4 Å². The van der Waals surface area contributed by atoms with Gasteiger partial charge in [-0.1, -0.05) is 77.9 Å². The van der Waals surface area contributed by atoms with Crippen molar-refractivity contribution in [2.24, 2.45) is 0 Å².